The summed E-state index contributed by atoms with van der Waals surface area (Å²) in [6, 6.07) is 0. The molecule has 0 amide bonds. The fourth-order valence-electron chi connectivity index (χ4n) is 3.87. The third kappa shape index (κ3) is 3.94. The van der Waals surface area contributed by atoms with E-state index in [1.54, 1.807) is 0 Å². The number of aliphatic carboxylic acids is 2. The van der Waals surface area contributed by atoms with Crippen LogP contribution in [-0.2, 0) is 9.59 Å². The molecule has 0 radical (unpaired) electrons. The van der Waals surface area contributed by atoms with Gasteiger partial charge in [0.1, 0.15) is 0 Å². The van der Waals surface area contributed by atoms with Crippen LogP contribution in [0.2, 0.25) is 0 Å². The molecule has 0 aromatic heterocycles. The zero-order valence-corrected chi connectivity index (χ0v) is 14.8. The van der Waals surface area contributed by atoms with Crippen LogP contribution in [0.4, 0.5) is 0 Å². The second-order valence-corrected chi connectivity index (χ2v) is 8.16. The van der Waals surface area contributed by atoms with E-state index in [4.69, 9.17) is 0 Å². The molecule has 1 unspecified atom stereocenters. The summed E-state index contributed by atoms with van der Waals surface area (Å²) in [5.41, 5.74) is -1.90. The molecule has 1 rings (SSSR count). The number of rotatable bonds is 7. The summed E-state index contributed by atoms with van der Waals surface area (Å²) < 4.78 is 0. The highest BCUT2D eigenvalue weighted by Gasteiger charge is 2.49. The van der Waals surface area contributed by atoms with Crippen molar-refractivity contribution in [1.82, 2.24) is 0 Å². The highest BCUT2D eigenvalue weighted by atomic mass is 16.4. The lowest BCUT2D eigenvalue weighted by atomic mass is 9.62. The van der Waals surface area contributed by atoms with E-state index < -0.39 is 34.3 Å². The minimum absolute atomic E-state index is 0.00273. The molecule has 0 aliphatic heterocycles. The monoisotopic (exact) mass is 326 g/mol. The van der Waals surface area contributed by atoms with Crippen LogP contribution in [0.25, 0.3) is 0 Å². The van der Waals surface area contributed by atoms with Gasteiger partial charge < -0.3 is 15.3 Å². The molecule has 5 heteroatoms. The Morgan fingerprint density at radius 1 is 1.22 bits per heavy atom. The zero-order chi connectivity index (χ0) is 18.1. The van der Waals surface area contributed by atoms with Gasteiger partial charge >= 0.3 is 11.9 Å². The van der Waals surface area contributed by atoms with Gasteiger partial charge in [0, 0.05) is 5.41 Å². The number of allylic oxidation sites excluding steroid dienone is 1. The summed E-state index contributed by atoms with van der Waals surface area (Å²) in [6.07, 6.45) is 3.24. The number of hydrogen-bond acceptors (Lipinski definition) is 3. The van der Waals surface area contributed by atoms with Gasteiger partial charge in [0.15, 0.2) is 5.41 Å². The smallest absolute Gasteiger partial charge is 0.321 e. The van der Waals surface area contributed by atoms with Crippen molar-refractivity contribution in [1.29, 1.82) is 0 Å². The van der Waals surface area contributed by atoms with E-state index in [9.17, 15) is 24.9 Å². The van der Waals surface area contributed by atoms with E-state index in [0.29, 0.717) is 12.8 Å². The molecule has 1 aliphatic carbocycles. The summed E-state index contributed by atoms with van der Waals surface area (Å²) in [5.74, 6) is -2.55. The van der Waals surface area contributed by atoms with Gasteiger partial charge in [0.25, 0.3) is 0 Å². The van der Waals surface area contributed by atoms with Gasteiger partial charge in [-0.05, 0) is 24.7 Å². The summed E-state index contributed by atoms with van der Waals surface area (Å²) in [5, 5.41) is 29.7. The Morgan fingerprint density at radius 3 is 2.13 bits per heavy atom. The molecule has 5 nitrogen and oxygen atoms in total. The predicted molar refractivity (Wildman–Crippen MR) is 88.1 cm³/mol. The van der Waals surface area contributed by atoms with E-state index >= 15 is 0 Å². The van der Waals surface area contributed by atoms with Crippen molar-refractivity contribution >= 4 is 11.9 Å². The molecule has 3 N–H and O–H groups in total. The van der Waals surface area contributed by atoms with E-state index in [2.05, 4.69) is 0 Å². The van der Waals surface area contributed by atoms with Crippen molar-refractivity contribution < 1.29 is 24.9 Å². The Bertz CT molecular complexity index is 488. The zero-order valence-electron chi connectivity index (χ0n) is 14.8. The summed E-state index contributed by atoms with van der Waals surface area (Å²) in [7, 11) is 0. The number of carbonyl (C=O) groups is 2. The standard InChI is InChI=1S/C18H30O5/c1-6-7-8-18(14(20)21,15(22)23)11-12-9-16(2,3)13(19)17(4,5)10-12/h9,13,19H,6-8,10-11H2,1-5H3,(H,20,21)(H,22,23). The maximum absolute atomic E-state index is 11.8. The molecule has 0 heterocycles. The molecule has 0 fully saturated rings. The maximum atomic E-state index is 11.8. The molecule has 1 atom stereocenters. The first-order chi connectivity index (χ1) is 10.4. The average Bonchev–Trinajstić information content (AvgIpc) is 2.39. The van der Waals surface area contributed by atoms with Gasteiger partial charge in [-0.2, -0.15) is 0 Å². The quantitative estimate of drug-likeness (QED) is 0.492. The first-order valence-electron chi connectivity index (χ1n) is 8.24. The number of carboxylic acids is 2. The van der Waals surface area contributed by atoms with Crippen molar-refractivity contribution in [3.05, 3.63) is 11.6 Å². The van der Waals surface area contributed by atoms with E-state index in [0.717, 1.165) is 12.0 Å². The minimum Gasteiger partial charge on any atom is -0.480 e. The lowest BCUT2D eigenvalue weighted by molar-refractivity contribution is -0.165. The Labute approximate surface area is 138 Å². The van der Waals surface area contributed by atoms with E-state index in [1.807, 2.05) is 40.7 Å². The van der Waals surface area contributed by atoms with Gasteiger partial charge in [0.2, 0.25) is 0 Å². The van der Waals surface area contributed by atoms with Crippen molar-refractivity contribution in [2.45, 2.75) is 72.8 Å². The van der Waals surface area contributed by atoms with Crippen molar-refractivity contribution in [2.24, 2.45) is 16.2 Å². The van der Waals surface area contributed by atoms with Crippen LogP contribution in [0, 0.1) is 16.2 Å². The normalized spacial score (nSPS) is 23.2. The van der Waals surface area contributed by atoms with Crippen molar-refractivity contribution in [3.63, 3.8) is 0 Å². The molecular weight excluding hydrogens is 296 g/mol. The second-order valence-electron chi connectivity index (χ2n) is 8.16. The molecule has 0 aromatic rings. The molecule has 0 bridgehead atoms. The maximum Gasteiger partial charge on any atom is 0.321 e. The SMILES string of the molecule is CCCCC(CC1=CC(C)(C)C(O)C(C)(C)C1)(C(=O)O)C(=O)O. The number of aliphatic hydroxyl groups is 1. The molecule has 0 aromatic carbocycles. The van der Waals surface area contributed by atoms with Gasteiger partial charge in [-0.25, -0.2) is 0 Å². The lowest BCUT2D eigenvalue weighted by Crippen LogP contribution is -2.46. The fourth-order valence-corrected chi connectivity index (χ4v) is 3.87. The Balaban J connectivity index is 3.22. The van der Waals surface area contributed by atoms with Crippen molar-refractivity contribution in [3.8, 4) is 0 Å². The Kier molecular flexibility index (Phi) is 5.68. The first-order valence-corrected chi connectivity index (χ1v) is 8.24. The Hall–Kier alpha value is -1.36. The van der Waals surface area contributed by atoms with Crippen molar-refractivity contribution in [2.75, 3.05) is 0 Å². The van der Waals surface area contributed by atoms with Crippen LogP contribution in [-0.4, -0.2) is 33.4 Å². The van der Waals surface area contributed by atoms with Crippen LogP contribution < -0.4 is 0 Å². The fraction of sp³-hybridized carbons (Fsp3) is 0.778. The summed E-state index contributed by atoms with van der Waals surface area (Å²) in [4.78, 5) is 23.5. The molecule has 23 heavy (non-hydrogen) atoms. The van der Waals surface area contributed by atoms with Crippen LogP contribution in [0.5, 0.6) is 0 Å². The molecule has 0 saturated carbocycles. The number of aliphatic hydroxyl groups excluding tert-OH is 1. The molecule has 132 valence electrons. The molecule has 0 saturated heterocycles. The van der Waals surface area contributed by atoms with Crippen LogP contribution >= 0.6 is 0 Å². The average molecular weight is 326 g/mol. The van der Waals surface area contributed by atoms with Gasteiger partial charge in [-0.15, -0.1) is 0 Å². The Morgan fingerprint density at radius 2 is 1.74 bits per heavy atom. The number of unbranched alkanes of at least 4 members (excludes halogenated alkanes) is 1. The summed E-state index contributed by atoms with van der Waals surface area (Å²) >= 11 is 0. The molecular formula is C18H30O5. The van der Waals surface area contributed by atoms with Crippen LogP contribution in [0.1, 0.15) is 66.7 Å². The molecule has 1 aliphatic rings. The van der Waals surface area contributed by atoms with Gasteiger partial charge in [0.05, 0.1) is 6.10 Å². The second kappa shape index (κ2) is 6.63. The van der Waals surface area contributed by atoms with Crippen LogP contribution in [0.3, 0.4) is 0 Å². The van der Waals surface area contributed by atoms with Crippen LogP contribution in [0.15, 0.2) is 11.6 Å². The van der Waals surface area contributed by atoms with E-state index in [1.165, 1.54) is 0 Å². The van der Waals surface area contributed by atoms with Gasteiger partial charge in [-0.1, -0.05) is 59.1 Å². The molecule has 0 spiro atoms. The predicted octanol–water partition coefficient (Wildman–Crippen LogP) is 3.47. The topological polar surface area (TPSA) is 94.8 Å². The minimum atomic E-state index is -1.78. The number of carboxylic acid groups (broad SMARTS) is 2. The van der Waals surface area contributed by atoms with E-state index in [-0.39, 0.29) is 12.8 Å². The highest BCUT2D eigenvalue weighted by Crippen LogP contribution is 2.48. The third-order valence-electron chi connectivity index (χ3n) is 5.01. The first kappa shape index (κ1) is 19.7. The lowest BCUT2D eigenvalue weighted by Gasteiger charge is -2.45. The number of hydrogen-bond donors (Lipinski definition) is 3. The van der Waals surface area contributed by atoms with Gasteiger partial charge in [-0.3, -0.25) is 9.59 Å². The third-order valence-corrected chi connectivity index (χ3v) is 5.01. The summed E-state index contributed by atoms with van der Waals surface area (Å²) in [6.45, 7) is 9.57. The largest absolute Gasteiger partial charge is 0.480 e. The highest BCUT2D eigenvalue weighted by molar-refractivity contribution is 5.98.